The van der Waals surface area contributed by atoms with Gasteiger partial charge in [-0.3, -0.25) is 9.48 Å². The summed E-state index contributed by atoms with van der Waals surface area (Å²) in [4.78, 5) is 30.4. The number of hydrogen-bond acceptors (Lipinski definition) is 4. The number of rotatable bonds is 2. The van der Waals surface area contributed by atoms with Crippen molar-refractivity contribution in [1.29, 1.82) is 0 Å². The lowest BCUT2D eigenvalue weighted by Crippen LogP contribution is -2.40. The van der Waals surface area contributed by atoms with Gasteiger partial charge in [0.05, 0.1) is 31.2 Å². The van der Waals surface area contributed by atoms with Crippen molar-refractivity contribution in [2.24, 2.45) is 0 Å². The van der Waals surface area contributed by atoms with Crippen molar-refractivity contribution < 1.29 is 14.7 Å². The fourth-order valence-electron chi connectivity index (χ4n) is 3.68. The van der Waals surface area contributed by atoms with Crippen molar-refractivity contribution in [3.63, 3.8) is 0 Å². The van der Waals surface area contributed by atoms with E-state index in [1.165, 1.54) is 6.20 Å². The Morgan fingerprint density at radius 1 is 1.29 bits per heavy atom. The maximum absolute atomic E-state index is 13.0. The number of aromatic carboxylic acids is 1. The first-order chi connectivity index (χ1) is 11.6. The van der Waals surface area contributed by atoms with Gasteiger partial charge in [0.1, 0.15) is 17.1 Å². The predicted octanol–water partition coefficient (Wildman–Crippen LogP) is 1.33. The lowest BCUT2D eigenvalue weighted by atomic mass is 10.1. The zero-order valence-corrected chi connectivity index (χ0v) is 13.5. The van der Waals surface area contributed by atoms with Gasteiger partial charge in [-0.25, -0.2) is 9.78 Å². The van der Waals surface area contributed by atoms with Crippen molar-refractivity contribution in [2.45, 2.75) is 45.3 Å². The molecule has 1 unspecified atom stereocenters. The number of fused-ring (bicyclic) bond motifs is 2. The maximum Gasteiger partial charge on any atom is 0.339 e. The third-order valence-corrected chi connectivity index (χ3v) is 4.94. The zero-order valence-electron chi connectivity index (χ0n) is 13.5. The first-order valence-corrected chi connectivity index (χ1v) is 8.19. The average molecular weight is 329 g/mol. The van der Waals surface area contributed by atoms with E-state index in [9.17, 15) is 14.7 Å². The van der Waals surface area contributed by atoms with Crippen LogP contribution in [0.15, 0.2) is 12.4 Å². The maximum atomic E-state index is 13.0. The van der Waals surface area contributed by atoms with Gasteiger partial charge < -0.3 is 14.6 Å². The molecule has 1 atom stereocenters. The average Bonchev–Trinajstić information content (AvgIpc) is 3.18. The van der Waals surface area contributed by atoms with Crippen LogP contribution in [0.1, 0.15) is 58.2 Å². The number of amides is 1. The predicted molar refractivity (Wildman–Crippen MR) is 83.8 cm³/mol. The minimum absolute atomic E-state index is 0.0914. The van der Waals surface area contributed by atoms with E-state index in [0.29, 0.717) is 24.5 Å². The molecular weight excluding hydrogens is 310 g/mol. The summed E-state index contributed by atoms with van der Waals surface area (Å²) >= 11 is 0. The molecule has 4 heterocycles. The molecule has 0 aromatic carbocycles. The van der Waals surface area contributed by atoms with Gasteiger partial charge in [-0.1, -0.05) is 0 Å². The molecule has 0 aliphatic carbocycles. The summed E-state index contributed by atoms with van der Waals surface area (Å²) in [5.74, 6) is -0.141. The van der Waals surface area contributed by atoms with Crippen LogP contribution < -0.4 is 0 Å². The molecule has 126 valence electrons. The molecule has 0 spiro atoms. The fraction of sp³-hybridized carbons (Fsp3) is 0.500. The smallest absolute Gasteiger partial charge is 0.339 e. The van der Waals surface area contributed by atoms with Crippen molar-refractivity contribution in [3.8, 4) is 0 Å². The first-order valence-electron chi connectivity index (χ1n) is 8.19. The van der Waals surface area contributed by atoms with Crippen LogP contribution in [-0.4, -0.2) is 47.8 Å². The molecule has 0 bridgehead atoms. The second-order valence-electron chi connectivity index (χ2n) is 6.43. The van der Waals surface area contributed by atoms with E-state index < -0.39 is 5.97 Å². The van der Waals surface area contributed by atoms with Crippen molar-refractivity contribution >= 4 is 11.9 Å². The van der Waals surface area contributed by atoms with Gasteiger partial charge in [-0.15, -0.1) is 0 Å². The molecule has 0 saturated carbocycles. The van der Waals surface area contributed by atoms with Crippen LogP contribution in [0.2, 0.25) is 0 Å². The first kappa shape index (κ1) is 14.9. The highest BCUT2D eigenvalue weighted by Crippen LogP contribution is 2.27. The Morgan fingerprint density at radius 2 is 2.12 bits per heavy atom. The molecule has 1 N–H and O–H groups in total. The van der Waals surface area contributed by atoms with Gasteiger partial charge >= 0.3 is 5.97 Å². The van der Waals surface area contributed by atoms with Gasteiger partial charge in [-0.05, 0) is 19.8 Å². The summed E-state index contributed by atoms with van der Waals surface area (Å²) < 4.78 is 3.71. The van der Waals surface area contributed by atoms with Crippen LogP contribution in [0.5, 0.6) is 0 Å². The number of carbonyl (C=O) groups is 2. The number of carboxylic acids is 1. The highest BCUT2D eigenvalue weighted by Gasteiger charge is 2.30. The molecule has 2 aliphatic heterocycles. The van der Waals surface area contributed by atoms with E-state index >= 15 is 0 Å². The quantitative estimate of drug-likeness (QED) is 0.897. The molecule has 0 fully saturated rings. The standard InChI is InChI=1S/C16H19N5O3/c1-10-3-2-4-14-17-8-12(21(10)14)15(22)19-5-6-20-13(9-19)11(7-18-20)16(23)24/h7-8,10H,2-6,9H2,1H3,(H,23,24). The minimum atomic E-state index is -1.01. The lowest BCUT2D eigenvalue weighted by Gasteiger charge is -2.30. The van der Waals surface area contributed by atoms with Gasteiger partial charge in [0.25, 0.3) is 5.91 Å². The topological polar surface area (TPSA) is 93.2 Å². The molecule has 2 aromatic rings. The van der Waals surface area contributed by atoms with E-state index in [1.807, 2.05) is 4.57 Å². The number of hydrogen-bond donors (Lipinski definition) is 1. The van der Waals surface area contributed by atoms with E-state index in [1.54, 1.807) is 15.8 Å². The Kier molecular flexibility index (Phi) is 3.40. The van der Waals surface area contributed by atoms with E-state index in [-0.39, 0.29) is 24.1 Å². The molecule has 0 radical (unpaired) electrons. The van der Waals surface area contributed by atoms with Gasteiger partial charge in [0.2, 0.25) is 0 Å². The number of nitrogens with zero attached hydrogens (tertiary/aromatic N) is 5. The third-order valence-electron chi connectivity index (χ3n) is 4.94. The van der Waals surface area contributed by atoms with Gasteiger partial charge in [-0.2, -0.15) is 5.10 Å². The number of aromatic nitrogens is 4. The molecule has 2 aromatic heterocycles. The molecular formula is C16H19N5O3. The molecule has 8 nitrogen and oxygen atoms in total. The second kappa shape index (κ2) is 5.47. The fourth-order valence-corrected chi connectivity index (χ4v) is 3.68. The highest BCUT2D eigenvalue weighted by molar-refractivity contribution is 5.93. The molecule has 1 amide bonds. The van der Waals surface area contributed by atoms with Gasteiger partial charge in [0, 0.05) is 19.0 Å². The summed E-state index contributed by atoms with van der Waals surface area (Å²) in [6, 6.07) is 0.264. The summed E-state index contributed by atoms with van der Waals surface area (Å²) in [6.07, 6.45) is 6.04. The van der Waals surface area contributed by atoms with E-state index in [4.69, 9.17) is 0 Å². The number of imidazole rings is 1. The molecule has 24 heavy (non-hydrogen) atoms. The largest absolute Gasteiger partial charge is 0.478 e. The summed E-state index contributed by atoms with van der Waals surface area (Å²) in [5, 5.41) is 13.4. The van der Waals surface area contributed by atoms with E-state index in [2.05, 4.69) is 17.0 Å². The van der Waals surface area contributed by atoms with Crippen molar-refractivity contribution in [3.05, 3.63) is 35.2 Å². The second-order valence-corrected chi connectivity index (χ2v) is 6.43. The Bertz CT molecular complexity index is 822. The summed E-state index contributed by atoms with van der Waals surface area (Å²) in [7, 11) is 0. The monoisotopic (exact) mass is 329 g/mol. The Labute approximate surface area is 138 Å². The van der Waals surface area contributed by atoms with Crippen LogP contribution in [-0.2, 0) is 19.5 Å². The van der Waals surface area contributed by atoms with Crippen molar-refractivity contribution in [2.75, 3.05) is 6.54 Å². The third kappa shape index (κ3) is 2.21. The number of carboxylic acid groups (broad SMARTS) is 1. The van der Waals surface area contributed by atoms with Crippen LogP contribution >= 0.6 is 0 Å². The molecule has 8 heteroatoms. The minimum Gasteiger partial charge on any atom is -0.478 e. The molecule has 0 saturated heterocycles. The van der Waals surface area contributed by atoms with Crippen LogP contribution in [0.3, 0.4) is 0 Å². The van der Waals surface area contributed by atoms with E-state index in [0.717, 1.165) is 25.1 Å². The zero-order chi connectivity index (χ0) is 16.8. The Hall–Kier alpha value is -2.64. The SMILES string of the molecule is CC1CCCc2ncc(C(=O)N3CCn4ncc(C(=O)O)c4C3)n21. The van der Waals surface area contributed by atoms with Gasteiger partial charge in [0.15, 0.2) is 0 Å². The van der Waals surface area contributed by atoms with Crippen LogP contribution in [0, 0.1) is 0 Å². The van der Waals surface area contributed by atoms with Crippen LogP contribution in [0.4, 0.5) is 0 Å². The molecule has 2 aliphatic rings. The highest BCUT2D eigenvalue weighted by atomic mass is 16.4. The lowest BCUT2D eigenvalue weighted by molar-refractivity contribution is 0.0659. The number of aryl methyl sites for hydroxylation is 1. The van der Waals surface area contributed by atoms with Crippen molar-refractivity contribution in [1.82, 2.24) is 24.2 Å². The normalized spacial score (nSPS) is 19.7. The molecule has 4 rings (SSSR count). The number of carbonyl (C=O) groups excluding carboxylic acids is 1. The van der Waals surface area contributed by atoms with Crippen LogP contribution in [0.25, 0.3) is 0 Å². The Morgan fingerprint density at radius 3 is 2.92 bits per heavy atom. The summed E-state index contributed by atoms with van der Waals surface area (Å²) in [6.45, 7) is 3.39. The summed E-state index contributed by atoms with van der Waals surface area (Å²) in [5.41, 5.74) is 1.34. The Balaban J connectivity index is 1.64.